The zero-order valence-corrected chi connectivity index (χ0v) is 10.5. The van der Waals surface area contributed by atoms with Crippen molar-refractivity contribution in [2.45, 2.75) is 0 Å². The number of hydrogen-bond acceptors (Lipinski definition) is 6. The number of nitrogens with zero attached hydrogens (tertiary/aromatic N) is 1. The van der Waals surface area contributed by atoms with Crippen molar-refractivity contribution in [1.29, 1.82) is 0 Å². The molecule has 0 aromatic heterocycles. The molecule has 0 saturated carbocycles. The second kappa shape index (κ2) is 5.65. The predicted octanol–water partition coefficient (Wildman–Crippen LogP) is 0.138. The summed E-state index contributed by atoms with van der Waals surface area (Å²) in [6, 6.07) is 4.13. The number of anilines is 2. The van der Waals surface area contributed by atoms with E-state index in [0.717, 1.165) is 0 Å². The van der Waals surface area contributed by atoms with Crippen molar-refractivity contribution >= 4 is 27.1 Å². The van der Waals surface area contributed by atoms with Gasteiger partial charge in [-0.15, -0.1) is 0 Å². The maximum Gasteiger partial charge on any atom is 0.292 e. The van der Waals surface area contributed by atoms with E-state index in [1.165, 1.54) is 25.2 Å². The second-order valence-electron chi connectivity index (χ2n) is 3.48. The summed E-state index contributed by atoms with van der Waals surface area (Å²) in [5.41, 5.74) is 5.88. The lowest BCUT2D eigenvalue weighted by Gasteiger charge is -2.07. The lowest BCUT2D eigenvalue weighted by molar-refractivity contribution is -0.383. The Morgan fingerprint density at radius 2 is 2.11 bits per heavy atom. The van der Waals surface area contributed by atoms with E-state index in [2.05, 4.69) is 10.0 Å². The van der Waals surface area contributed by atoms with Crippen LogP contribution in [0.1, 0.15) is 0 Å². The average molecular weight is 274 g/mol. The van der Waals surface area contributed by atoms with E-state index < -0.39 is 14.9 Å². The van der Waals surface area contributed by atoms with Gasteiger partial charge in [0.25, 0.3) is 5.69 Å². The van der Waals surface area contributed by atoms with E-state index in [1.54, 1.807) is 0 Å². The first-order chi connectivity index (χ1) is 8.35. The third-order valence-corrected chi connectivity index (χ3v) is 3.60. The van der Waals surface area contributed by atoms with E-state index in [9.17, 15) is 18.5 Å². The van der Waals surface area contributed by atoms with Gasteiger partial charge >= 0.3 is 0 Å². The lowest BCUT2D eigenvalue weighted by Crippen LogP contribution is -2.26. The third-order valence-electron chi connectivity index (χ3n) is 2.24. The number of sulfonamides is 1. The minimum atomic E-state index is -3.27. The van der Waals surface area contributed by atoms with Gasteiger partial charge in [0.05, 0.1) is 10.7 Å². The van der Waals surface area contributed by atoms with Gasteiger partial charge in [-0.2, -0.15) is 0 Å². The molecule has 100 valence electrons. The Hall–Kier alpha value is -1.87. The number of nitrogens with two attached hydrogens (primary N) is 1. The van der Waals surface area contributed by atoms with Crippen LogP contribution in [-0.2, 0) is 10.0 Å². The summed E-state index contributed by atoms with van der Waals surface area (Å²) in [5.74, 6) is -0.0968. The molecule has 4 N–H and O–H groups in total. The SMILES string of the molecule is CNS(=O)(=O)CCNc1ccc([N+](=O)[O-])c(N)c1. The molecule has 0 fully saturated rings. The van der Waals surface area contributed by atoms with Crippen molar-refractivity contribution < 1.29 is 13.3 Å². The Labute approximate surface area is 104 Å². The molecule has 0 aliphatic rings. The van der Waals surface area contributed by atoms with Gasteiger partial charge in [-0.05, 0) is 19.2 Å². The molecule has 0 radical (unpaired) electrons. The molecule has 18 heavy (non-hydrogen) atoms. The molecule has 0 heterocycles. The van der Waals surface area contributed by atoms with Gasteiger partial charge < -0.3 is 11.1 Å². The summed E-state index contributed by atoms with van der Waals surface area (Å²) in [6.45, 7) is 0.181. The molecule has 0 amide bonds. The fraction of sp³-hybridized carbons (Fsp3) is 0.333. The van der Waals surface area contributed by atoms with Crippen molar-refractivity contribution in [1.82, 2.24) is 4.72 Å². The standard InChI is InChI=1S/C9H14N4O4S/c1-11-18(16,17)5-4-12-7-2-3-9(13(14)15)8(10)6-7/h2-3,6,11-12H,4-5,10H2,1H3. The van der Waals surface area contributed by atoms with Crippen LogP contribution in [0.5, 0.6) is 0 Å². The number of nitro groups is 1. The van der Waals surface area contributed by atoms with Crippen LogP contribution in [0.4, 0.5) is 17.1 Å². The van der Waals surface area contributed by atoms with Crippen molar-refractivity contribution in [3.63, 3.8) is 0 Å². The normalized spacial score (nSPS) is 11.2. The van der Waals surface area contributed by atoms with E-state index in [-0.39, 0.29) is 23.7 Å². The molecule has 9 heteroatoms. The second-order valence-corrected chi connectivity index (χ2v) is 5.53. The molecule has 0 unspecified atom stereocenters. The van der Waals surface area contributed by atoms with E-state index in [1.807, 2.05) is 0 Å². The van der Waals surface area contributed by atoms with Gasteiger partial charge in [0.2, 0.25) is 10.0 Å². The maximum atomic E-state index is 11.1. The van der Waals surface area contributed by atoms with Crippen molar-refractivity contribution in [2.75, 3.05) is 30.4 Å². The van der Waals surface area contributed by atoms with Gasteiger partial charge in [0.1, 0.15) is 5.69 Å². The van der Waals surface area contributed by atoms with Gasteiger partial charge in [-0.1, -0.05) is 0 Å². The van der Waals surface area contributed by atoms with E-state index >= 15 is 0 Å². The summed E-state index contributed by atoms with van der Waals surface area (Å²) in [5, 5.41) is 13.4. The highest BCUT2D eigenvalue weighted by Crippen LogP contribution is 2.24. The maximum absolute atomic E-state index is 11.1. The average Bonchev–Trinajstić information content (AvgIpc) is 2.28. The predicted molar refractivity (Wildman–Crippen MR) is 68.8 cm³/mol. The van der Waals surface area contributed by atoms with Crippen LogP contribution < -0.4 is 15.8 Å². The minimum Gasteiger partial charge on any atom is -0.393 e. The van der Waals surface area contributed by atoms with Crippen LogP contribution in [0.25, 0.3) is 0 Å². The quantitative estimate of drug-likeness (QED) is 0.384. The molecule has 8 nitrogen and oxygen atoms in total. The molecular formula is C9H14N4O4S. The molecular weight excluding hydrogens is 260 g/mol. The molecule has 0 aliphatic carbocycles. The van der Waals surface area contributed by atoms with Crippen LogP contribution >= 0.6 is 0 Å². The molecule has 1 aromatic carbocycles. The minimum absolute atomic E-state index is 0.0291. The molecule has 0 aliphatic heterocycles. The molecule has 0 saturated heterocycles. The van der Waals surface area contributed by atoms with E-state index in [0.29, 0.717) is 5.69 Å². The number of rotatable bonds is 6. The van der Waals surface area contributed by atoms with E-state index in [4.69, 9.17) is 5.73 Å². The number of nitro benzene ring substituents is 1. The highest BCUT2D eigenvalue weighted by Gasteiger charge is 2.11. The number of nitrogen functional groups attached to an aromatic ring is 1. The van der Waals surface area contributed by atoms with Crippen LogP contribution in [0.15, 0.2) is 18.2 Å². The van der Waals surface area contributed by atoms with Gasteiger partial charge in [0.15, 0.2) is 0 Å². The van der Waals surface area contributed by atoms with Gasteiger partial charge in [-0.3, -0.25) is 10.1 Å². The summed E-state index contributed by atoms with van der Waals surface area (Å²) in [4.78, 5) is 9.96. The van der Waals surface area contributed by atoms with Crippen LogP contribution in [0.3, 0.4) is 0 Å². The topological polar surface area (TPSA) is 127 Å². The highest BCUT2D eigenvalue weighted by molar-refractivity contribution is 7.89. The fourth-order valence-corrected chi connectivity index (χ4v) is 1.84. The number of hydrogen-bond donors (Lipinski definition) is 3. The Bertz CT molecular complexity index is 543. The Balaban J connectivity index is 2.65. The summed E-state index contributed by atoms with van der Waals surface area (Å²) < 4.78 is 24.5. The molecule has 1 rings (SSSR count). The molecule has 0 bridgehead atoms. The fourth-order valence-electron chi connectivity index (χ4n) is 1.26. The number of benzene rings is 1. The smallest absolute Gasteiger partial charge is 0.292 e. The number of nitrogens with one attached hydrogen (secondary N) is 2. The first-order valence-electron chi connectivity index (χ1n) is 5.05. The summed E-state index contributed by atoms with van der Waals surface area (Å²) in [7, 11) is -1.94. The Morgan fingerprint density at radius 3 is 2.61 bits per heavy atom. The largest absolute Gasteiger partial charge is 0.393 e. The van der Waals surface area contributed by atoms with Crippen LogP contribution in [-0.4, -0.2) is 32.7 Å². The Morgan fingerprint density at radius 1 is 1.44 bits per heavy atom. The van der Waals surface area contributed by atoms with Crippen molar-refractivity contribution in [2.24, 2.45) is 0 Å². The highest BCUT2D eigenvalue weighted by atomic mass is 32.2. The zero-order valence-electron chi connectivity index (χ0n) is 9.71. The third kappa shape index (κ3) is 3.86. The zero-order chi connectivity index (χ0) is 13.8. The van der Waals surface area contributed by atoms with Crippen LogP contribution in [0, 0.1) is 10.1 Å². The van der Waals surface area contributed by atoms with Crippen LogP contribution in [0.2, 0.25) is 0 Å². The van der Waals surface area contributed by atoms with Crippen molar-refractivity contribution in [3.05, 3.63) is 28.3 Å². The van der Waals surface area contributed by atoms with Gasteiger partial charge in [-0.25, -0.2) is 13.1 Å². The lowest BCUT2D eigenvalue weighted by atomic mass is 10.2. The molecule has 0 atom stereocenters. The monoisotopic (exact) mass is 274 g/mol. The first kappa shape index (κ1) is 14.2. The molecule has 1 aromatic rings. The van der Waals surface area contributed by atoms with Crippen molar-refractivity contribution in [3.8, 4) is 0 Å². The molecule has 0 spiro atoms. The van der Waals surface area contributed by atoms with Gasteiger partial charge in [0, 0.05) is 18.3 Å². The Kier molecular flexibility index (Phi) is 4.45. The summed E-state index contributed by atoms with van der Waals surface area (Å²) >= 11 is 0. The first-order valence-corrected chi connectivity index (χ1v) is 6.70. The summed E-state index contributed by atoms with van der Waals surface area (Å²) in [6.07, 6.45) is 0.